The lowest BCUT2D eigenvalue weighted by atomic mass is 10.1. The Morgan fingerprint density at radius 2 is 2.11 bits per heavy atom. The minimum absolute atomic E-state index is 0.201. The van der Waals surface area contributed by atoms with Crippen LogP contribution in [-0.2, 0) is 6.54 Å². The van der Waals surface area contributed by atoms with Gasteiger partial charge in [0.25, 0.3) is 5.91 Å². The number of carbonyl (C=O) groups is 1. The maximum atomic E-state index is 12.5. The molecule has 3 heterocycles. The Morgan fingerprint density at radius 3 is 2.89 bits per heavy atom. The number of benzene rings is 1. The predicted octanol–water partition coefficient (Wildman–Crippen LogP) is 1.39. The molecule has 0 fully saturated rings. The summed E-state index contributed by atoms with van der Waals surface area (Å²) < 4.78 is 0. The van der Waals surface area contributed by atoms with E-state index in [2.05, 4.69) is 26.3 Å². The number of nitrogen functional groups attached to an aromatic ring is 1. The average molecular weight is 387 g/mol. The number of thiophene rings is 1. The zero-order chi connectivity index (χ0) is 19.5. The van der Waals surface area contributed by atoms with Gasteiger partial charge in [0.15, 0.2) is 5.82 Å². The number of aromatic nitrogens is 3. The van der Waals surface area contributed by atoms with Gasteiger partial charge in [-0.15, -0.1) is 11.3 Å². The minimum Gasteiger partial charge on any atom is -0.383 e. The molecule has 7 nitrogen and oxygen atoms in total. The number of hydrogen-bond acceptors (Lipinski definition) is 6. The maximum Gasteiger partial charge on any atom is 0.308 e. The highest BCUT2D eigenvalue weighted by molar-refractivity contribution is 7.20. The number of carbonyl (C=O) groups excluding carboxylic acids is 1. The second-order valence-corrected chi connectivity index (χ2v) is 7.04. The molecule has 0 bridgehead atoms. The third kappa shape index (κ3) is 3.51. The zero-order valence-corrected chi connectivity index (χ0v) is 15.5. The lowest BCUT2D eigenvalue weighted by Gasteiger charge is -2.02. The molecule has 4 N–H and O–H groups in total. The van der Waals surface area contributed by atoms with Gasteiger partial charge in [0.05, 0.1) is 10.3 Å². The SMILES string of the molecule is [NH+]#Cc1cccc(-c2nc(N)c3cc(C(=O)NCc4cccnc4)sc3n2)c1. The van der Waals surface area contributed by atoms with Gasteiger partial charge in [0.1, 0.15) is 16.2 Å². The van der Waals surface area contributed by atoms with Crippen LogP contribution in [0.3, 0.4) is 0 Å². The van der Waals surface area contributed by atoms with Crippen LogP contribution in [0.15, 0.2) is 54.9 Å². The molecule has 8 heteroatoms. The van der Waals surface area contributed by atoms with Gasteiger partial charge in [0.2, 0.25) is 0 Å². The average Bonchev–Trinajstić information content (AvgIpc) is 3.18. The van der Waals surface area contributed by atoms with Crippen LogP contribution in [0, 0.1) is 6.07 Å². The minimum atomic E-state index is -0.201. The van der Waals surface area contributed by atoms with Gasteiger partial charge in [-0.2, -0.15) is 0 Å². The standard InChI is InChI=1S/C20H14N6OS/c21-9-12-3-1-5-14(7-12)18-25-17(22)15-8-16(28-20(15)26-18)19(27)24-11-13-4-2-6-23-10-13/h1-8,10H,11H2,(H,24,27)(H2,22,25,26)/p+1. The van der Waals surface area contributed by atoms with Gasteiger partial charge in [-0.25, -0.2) is 9.97 Å². The van der Waals surface area contributed by atoms with E-state index in [0.717, 1.165) is 11.1 Å². The fraction of sp³-hybridized carbons (Fsp3) is 0.0500. The molecule has 0 atom stereocenters. The van der Waals surface area contributed by atoms with E-state index in [0.29, 0.717) is 38.8 Å². The molecular formula is C20H15N6OS+. The summed E-state index contributed by atoms with van der Waals surface area (Å²) in [6.07, 6.45) is 3.40. The molecule has 4 rings (SSSR count). The molecule has 0 spiro atoms. The number of hydrogen-bond donors (Lipinski definition) is 3. The molecular weight excluding hydrogens is 372 g/mol. The second kappa shape index (κ2) is 7.42. The Bertz CT molecular complexity index is 1210. The van der Waals surface area contributed by atoms with Crippen LogP contribution in [0.25, 0.3) is 21.6 Å². The zero-order valence-electron chi connectivity index (χ0n) is 14.6. The highest BCUT2D eigenvalue weighted by atomic mass is 32.1. The topological polar surface area (TPSA) is 118 Å². The lowest BCUT2D eigenvalue weighted by Crippen LogP contribution is -2.21. The van der Waals surface area contributed by atoms with Crippen LogP contribution >= 0.6 is 11.3 Å². The summed E-state index contributed by atoms with van der Waals surface area (Å²) in [5.41, 5.74) is 8.39. The van der Waals surface area contributed by atoms with Crippen LogP contribution in [0.5, 0.6) is 0 Å². The van der Waals surface area contributed by atoms with Gasteiger partial charge in [-0.3, -0.25) is 9.78 Å². The van der Waals surface area contributed by atoms with E-state index in [-0.39, 0.29) is 5.91 Å². The highest BCUT2D eigenvalue weighted by Gasteiger charge is 2.15. The van der Waals surface area contributed by atoms with E-state index in [4.69, 9.17) is 11.0 Å². The van der Waals surface area contributed by atoms with Gasteiger partial charge in [0, 0.05) is 24.5 Å². The fourth-order valence-corrected chi connectivity index (χ4v) is 3.65. The number of anilines is 1. The van der Waals surface area contributed by atoms with Gasteiger partial charge in [-0.1, -0.05) is 23.5 Å². The summed E-state index contributed by atoms with van der Waals surface area (Å²) in [6.45, 7) is 0.389. The van der Waals surface area contributed by atoms with E-state index in [1.165, 1.54) is 11.3 Å². The molecule has 3 aromatic heterocycles. The van der Waals surface area contributed by atoms with Crippen molar-refractivity contribution < 1.29 is 10.1 Å². The molecule has 0 saturated heterocycles. The summed E-state index contributed by atoms with van der Waals surface area (Å²) in [5.74, 6) is 0.561. The number of nitrogens with two attached hydrogens (primary N) is 1. The largest absolute Gasteiger partial charge is 0.383 e. The highest BCUT2D eigenvalue weighted by Crippen LogP contribution is 2.30. The lowest BCUT2D eigenvalue weighted by molar-refractivity contribution is -0.0909. The molecule has 0 saturated carbocycles. The molecule has 0 aliphatic rings. The van der Waals surface area contributed by atoms with E-state index in [9.17, 15) is 4.79 Å². The number of rotatable bonds is 4. The Labute approximate surface area is 164 Å². The van der Waals surface area contributed by atoms with Crippen molar-refractivity contribution in [1.29, 1.82) is 0 Å². The van der Waals surface area contributed by atoms with E-state index < -0.39 is 0 Å². The van der Waals surface area contributed by atoms with Gasteiger partial charge in [-0.05, 0) is 29.8 Å². The van der Waals surface area contributed by atoms with Crippen molar-refractivity contribution in [2.24, 2.45) is 0 Å². The Hall–Kier alpha value is -3.83. The van der Waals surface area contributed by atoms with Crippen molar-refractivity contribution in [3.05, 3.63) is 70.9 Å². The molecule has 28 heavy (non-hydrogen) atoms. The van der Waals surface area contributed by atoms with Crippen molar-refractivity contribution in [1.82, 2.24) is 20.3 Å². The Kier molecular flexibility index (Phi) is 4.66. The summed E-state index contributed by atoms with van der Waals surface area (Å²) in [5, 5.41) is 10.8. The number of fused-ring (bicyclic) bond motifs is 1. The Morgan fingerprint density at radius 1 is 1.21 bits per heavy atom. The smallest absolute Gasteiger partial charge is 0.308 e. The molecule has 1 aromatic carbocycles. The molecule has 0 radical (unpaired) electrons. The van der Waals surface area contributed by atoms with E-state index in [1.807, 2.05) is 24.3 Å². The maximum absolute atomic E-state index is 12.5. The summed E-state index contributed by atoms with van der Waals surface area (Å²) in [6, 6.07) is 15.0. The third-order valence-electron chi connectivity index (χ3n) is 4.09. The van der Waals surface area contributed by atoms with Crippen LogP contribution in [-0.4, -0.2) is 20.9 Å². The van der Waals surface area contributed by atoms with Gasteiger partial charge < -0.3 is 11.1 Å². The first-order valence-electron chi connectivity index (χ1n) is 8.41. The van der Waals surface area contributed by atoms with Crippen molar-refractivity contribution in [3.8, 4) is 17.5 Å². The monoisotopic (exact) mass is 387 g/mol. The Balaban J connectivity index is 1.62. The number of nitrogens with zero attached hydrogens (tertiary/aromatic N) is 3. The summed E-state index contributed by atoms with van der Waals surface area (Å²) in [4.78, 5) is 26.6. The van der Waals surface area contributed by atoms with Crippen LogP contribution < -0.4 is 16.3 Å². The number of pyridine rings is 1. The fourth-order valence-electron chi connectivity index (χ4n) is 2.69. The first kappa shape index (κ1) is 17.6. The summed E-state index contributed by atoms with van der Waals surface area (Å²) >= 11 is 1.26. The third-order valence-corrected chi connectivity index (χ3v) is 5.11. The first-order chi connectivity index (χ1) is 13.6. The number of nitrogens with one attached hydrogen (secondary N) is 2. The van der Waals surface area contributed by atoms with Crippen molar-refractivity contribution >= 4 is 33.3 Å². The van der Waals surface area contributed by atoms with Crippen LogP contribution in [0.1, 0.15) is 20.8 Å². The molecule has 4 aromatic rings. The molecule has 0 aliphatic heterocycles. The molecule has 1 amide bonds. The van der Waals surface area contributed by atoms with Gasteiger partial charge >= 0.3 is 6.07 Å². The summed E-state index contributed by atoms with van der Waals surface area (Å²) in [7, 11) is 0. The quantitative estimate of drug-likeness (QED) is 0.489. The van der Waals surface area contributed by atoms with Crippen molar-refractivity contribution in [2.75, 3.05) is 5.73 Å². The van der Waals surface area contributed by atoms with Crippen molar-refractivity contribution in [3.63, 3.8) is 0 Å². The van der Waals surface area contributed by atoms with Crippen LogP contribution in [0.4, 0.5) is 5.82 Å². The van der Waals surface area contributed by atoms with Crippen molar-refractivity contribution in [2.45, 2.75) is 6.54 Å². The molecule has 0 unspecified atom stereocenters. The predicted molar refractivity (Wildman–Crippen MR) is 107 cm³/mol. The normalized spacial score (nSPS) is 10.5. The second-order valence-electron chi connectivity index (χ2n) is 6.01. The number of amides is 1. The molecule has 0 aliphatic carbocycles. The first-order valence-corrected chi connectivity index (χ1v) is 9.23. The molecule has 136 valence electrons. The van der Waals surface area contributed by atoms with Crippen LogP contribution in [0.2, 0.25) is 0 Å². The van der Waals surface area contributed by atoms with E-state index >= 15 is 0 Å². The van der Waals surface area contributed by atoms with E-state index in [1.54, 1.807) is 30.6 Å².